The number of carbonyl (C=O) groups is 2. The third-order valence-corrected chi connectivity index (χ3v) is 11.2. The number of nitrogens with zero attached hydrogens (tertiary/aromatic N) is 4. The normalized spacial score (nSPS) is 13.5. The number of hydrogen-bond acceptors (Lipinski definition) is 8. The van der Waals surface area contributed by atoms with E-state index >= 15 is 0 Å². The van der Waals surface area contributed by atoms with Crippen molar-refractivity contribution in [1.82, 2.24) is 14.5 Å². The van der Waals surface area contributed by atoms with E-state index < -0.39 is 16.8 Å². The van der Waals surface area contributed by atoms with Gasteiger partial charge in [-0.25, -0.2) is 4.98 Å². The molecule has 56 heavy (non-hydrogen) atoms. The number of carboxylic acid groups (broad SMARTS) is 1. The standard InChI is InChI=1S/C44H57N5O6S/c1-6-8-25-54-26-27-55-39-16-11-34(12-17-39)35-13-20-41-37(28-35)29-36(10-9-22-48(41)24-23-47(5)30-43(50)51)44(52)46-38-14-18-40(19-15-38)56(53)31-42-32(3)45-33(4)49(42)21-7-2/h11-20,28-29H,6-10,21-27,30-31H2,1-5H3,(H,46,52)(H,50,51)/t56-/m1/s1. The molecule has 0 bridgehead atoms. The van der Waals surface area contributed by atoms with Crippen LogP contribution in [0.3, 0.4) is 0 Å². The molecule has 0 aliphatic carbocycles. The molecule has 0 spiro atoms. The fourth-order valence-electron chi connectivity index (χ4n) is 6.87. The number of rotatable bonds is 20. The SMILES string of the molecule is CCCCOCCOc1ccc(-c2ccc3c(c2)C=C(C(=O)Nc2ccc([S@](=O)Cc4c(C)nc(C)n4CCC)cc2)CCCN3CCN(C)CC(=O)O)cc1. The van der Waals surface area contributed by atoms with E-state index in [1.165, 1.54) is 0 Å². The molecule has 300 valence electrons. The number of nitrogens with one attached hydrogen (secondary N) is 1. The largest absolute Gasteiger partial charge is 0.491 e. The highest BCUT2D eigenvalue weighted by atomic mass is 32.2. The van der Waals surface area contributed by atoms with E-state index in [-0.39, 0.29) is 12.5 Å². The number of fused-ring (bicyclic) bond motifs is 1. The van der Waals surface area contributed by atoms with Crippen LogP contribution >= 0.6 is 0 Å². The van der Waals surface area contributed by atoms with E-state index in [2.05, 4.69) is 51.8 Å². The van der Waals surface area contributed by atoms with Crippen molar-refractivity contribution in [2.45, 2.75) is 77.0 Å². The molecule has 1 aliphatic heterocycles. The Morgan fingerprint density at radius 2 is 1.70 bits per heavy atom. The zero-order chi connectivity index (χ0) is 40.0. The Bertz CT molecular complexity index is 1970. The Kier molecular flexibility index (Phi) is 15.8. The molecule has 0 saturated carbocycles. The van der Waals surface area contributed by atoms with Crippen molar-refractivity contribution in [2.75, 3.05) is 63.3 Å². The van der Waals surface area contributed by atoms with E-state index in [4.69, 9.17) is 9.47 Å². The molecule has 0 saturated heterocycles. The van der Waals surface area contributed by atoms with Crippen LogP contribution < -0.4 is 15.0 Å². The second-order valence-electron chi connectivity index (χ2n) is 14.3. The van der Waals surface area contributed by atoms with E-state index in [0.29, 0.717) is 61.2 Å². The molecule has 0 unspecified atom stereocenters. The predicted octanol–water partition coefficient (Wildman–Crippen LogP) is 7.72. The van der Waals surface area contributed by atoms with E-state index in [9.17, 15) is 18.9 Å². The lowest BCUT2D eigenvalue weighted by Gasteiger charge is -2.30. The summed E-state index contributed by atoms with van der Waals surface area (Å²) in [5, 5.41) is 12.4. The average Bonchev–Trinajstić information content (AvgIpc) is 3.43. The van der Waals surface area contributed by atoms with Gasteiger partial charge in [-0.15, -0.1) is 0 Å². The van der Waals surface area contributed by atoms with Gasteiger partial charge in [0.25, 0.3) is 5.91 Å². The highest BCUT2D eigenvalue weighted by Gasteiger charge is 2.20. The summed E-state index contributed by atoms with van der Waals surface area (Å²) >= 11 is 0. The number of aliphatic carboxylic acids is 1. The summed E-state index contributed by atoms with van der Waals surface area (Å²) in [6.07, 6.45) is 6.41. The van der Waals surface area contributed by atoms with Crippen molar-refractivity contribution in [3.63, 3.8) is 0 Å². The van der Waals surface area contributed by atoms with Crippen molar-refractivity contribution >= 4 is 40.1 Å². The van der Waals surface area contributed by atoms with Gasteiger partial charge >= 0.3 is 5.97 Å². The molecule has 12 heteroatoms. The van der Waals surface area contributed by atoms with Gasteiger partial charge in [0.15, 0.2) is 0 Å². The summed E-state index contributed by atoms with van der Waals surface area (Å²) in [5.74, 6) is 1.06. The quantitative estimate of drug-likeness (QED) is 0.0867. The van der Waals surface area contributed by atoms with Gasteiger partial charge in [0, 0.05) is 54.6 Å². The van der Waals surface area contributed by atoms with Crippen LogP contribution in [0.15, 0.2) is 77.2 Å². The summed E-state index contributed by atoms with van der Waals surface area (Å²) in [6.45, 7) is 12.7. The fraction of sp³-hybridized carbons (Fsp3) is 0.432. The summed E-state index contributed by atoms with van der Waals surface area (Å²) in [4.78, 5) is 34.5. The molecule has 1 aromatic heterocycles. The van der Waals surface area contributed by atoms with Gasteiger partial charge in [0.2, 0.25) is 0 Å². The Morgan fingerprint density at radius 3 is 2.41 bits per heavy atom. The van der Waals surface area contributed by atoms with Gasteiger partial charge in [-0.05, 0) is 118 Å². The average molecular weight is 784 g/mol. The molecule has 2 N–H and O–H groups in total. The molecule has 0 fully saturated rings. The number of carboxylic acids is 1. The topological polar surface area (TPSA) is 126 Å². The maximum Gasteiger partial charge on any atom is 0.317 e. The minimum Gasteiger partial charge on any atom is -0.491 e. The Labute approximate surface area is 334 Å². The molecule has 1 amide bonds. The van der Waals surface area contributed by atoms with Gasteiger partial charge < -0.3 is 29.4 Å². The first-order chi connectivity index (χ1) is 27.1. The summed E-state index contributed by atoms with van der Waals surface area (Å²) in [5.41, 5.74) is 7.13. The van der Waals surface area contributed by atoms with E-state index in [1.54, 1.807) is 4.90 Å². The molecular weight excluding hydrogens is 727 g/mol. The van der Waals surface area contributed by atoms with Crippen LogP contribution in [0.2, 0.25) is 0 Å². The maximum absolute atomic E-state index is 13.8. The number of anilines is 2. The summed E-state index contributed by atoms with van der Waals surface area (Å²) < 4.78 is 27.1. The molecule has 3 aromatic carbocycles. The molecule has 4 aromatic rings. The van der Waals surface area contributed by atoms with Crippen LogP contribution in [-0.2, 0) is 37.4 Å². The number of aryl methyl sites for hydroxylation is 2. The van der Waals surface area contributed by atoms with Crippen LogP contribution in [0, 0.1) is 13.8 Å². The van der Waals surface area contributed by atoms with E-state index in [0.717, 1.165) is 84.2 Å². The third kappa shape index (κ3) is 11.9. The molecule has 0 radical (unpaired) electrons. The first kappa shape index (κ1) is 42.4. The van der Waals surface area contributed by atoms with E-state index in [1.807, 2.05) is 75.5 Å². The Balaban J connectivity index is 1.33. The lowest BCUT2D eigenvalue weighted by molar-refractivity contribution is -0.137. The molecule has 1 atom stereocenters. The molecule has 11 nitrogen and oxygen atoms in total. The smallest absolute Gasteiger partial charge is 0.317 e. The van der Waals surface area contributed by atoms with Gasteiger partial charge in [-0.3, -0.25) is 18.7 Å². The number of carbonyl (C=O) groups excluding carboxylic acids is 1. The minimum atomic E-state index is -1.27. The Morgan fingerprint density at radius 1 is 0.946 bits per heavy atom. The van der Waals surface area contributed by atoms with Crippen LogP contribution in [-0.4, -0.2) is 88.7 Å². The summed E-state index contributed by atoms with van der Waals surface area (Å²) in [6, 6.07) is 21.5. The van der Waals surface area contributed by atoms with Crippen molar-refractivity contribution in [1.29, 1.82) is 0 Å². The monoisotopic (exact) mass is 783 g/mol. The molecular formula is C44H57N5O6S. The lowest BCUT2D eigenvalue weighted by Crippen LogP contribution is -2.37. The van der Waals surface area contributed by atoms with Gasteiger partial charge in [-0.2, -0.15) is 0 Å². The number of unbranched alkanes of at least 4 members (excludes halogenated alkanes) is 1. The third-order valence-electron chi connectivity index (χ3n) is 9.90. The first-order valence-electron chi connectivity index (χ1n) is 19.7. The number of imidazole rings is 1. The number of aromatic nitrogens is 2. The van der Waals surface area contributed by atoms with Gasteiger partial charge in [0.1, 0.15) is 18.2 Å². The van der Waals surface area contributed by atoms with Gasteiger partial charge in [-0.1, -0.05) is 38.5 Å². The molecule has 5 rings (SSSR count). The highest BCUT2D eigenvalue weighted by molar-refractivity contribution is 7.84. The second-order valence-corrected chi connectivity index (χ2v) is 15.8. The number of hydrogen-bond donors (Lipinski definition) is 2. The number of likely N-dealkylation sites (N-methyl/N-ethyl adjacent to an activating group) is 1. The second kappa shape index (κ2) is 20.9. The van der Waals surface area contributed by atoms with Crippen molar-refractivity contribution in [3.05, 3.63) is 95.1 Å². The zero-order valence-corrected chi connectivity index (χ0v) is 34.3. The number of benzene rings is 3. The van der Waals surface area contributed by atoms with Gasteiger partial charge in [0.05, 0.1) is 41.1 Å². The van der Waals surface area contributed by atoms with Crippen LogP contribution in [0.1, 0.15) is 68.7 Å². The van der Waals surface area contributed by atoms with Crippen molar-refractivity contribution in [2.24, 2.45) is 0 Å². The first-order valence-corrected chi connectivity index (χ1v) is 21.0. The van der Waals surface area contributed by atoms with Crippen LogP contribution in [0.25, 0.3) is 17.2 Å². The fourth-order valence-corrected chi connectivity index (χ4v) is 8.09. The van der Waals surface area contributed by atoms with Crippen molar-refractivity contribution < 1.29 is 28.4 Å². The maximum atomic E-state index is 13.8. The molecule has 2 heterocycles. The lowest BCUT2D eigenvalue weighted by atomic mass is 9.96. The van der Waals surface area contributed by atoms with Crippen LogP contribution in [0.4, 0.5) is 11.4 Å². The van der Waals surface area contributed by atoms with Crippen molar-refractivity contribution in [3.8, 4) is 16.9 Å². The predicted molar refractivity (Wildman–Crippen MR) is 225 cm³/mol. The number of amides is 1. The zero-order valence-electron chi connectivity index (χ0n) is 33.5. The molecule has 1 aliphatic rings. The highest BCUT2D eigenvalue weighted by Crippen LogP contribution is 2.33. The number of ether oxygens (including phenoxy) is 2. The Hall–Kier alpha value is -4.78. The van der Waals surface area contributed by atoms with Crippen LogP contribution in [0.5, 0.6) is 5.75 Å². The minimum absolute atomic E-state index is 0.0314. The summed E-state index contributed by atoms with van der Waals surface area (Å²) in [7, 11) is 0.544.